The molecule has 2 aliphatic heterocycles. The molecule has 0 bridgehead atoms. The normalized spacial score (nSPS) is 29.7. The SMILES string of the molecule is C[C@H]1Cc2cc(CC(=O)N(C)[C@@H]3COC[C@@H](O)[C@H]3O)ccc2O1. The second-order valence-electron chi connectivity index (χ2n) is 6.42. The molecule has 0 aliphatic carbocycles. The average molecular weight is 321 g/mol. The van der Waals surface area contributed by atoms with Gasteiger partial charge in [0.15, 0.2) is 0 Å². The van der Waals surface area contributed by atoms with E-state index in [1.165, 1.54) is 4.90 Å². The number of benzene rings is 1. The van der Waals surface area contributed by atoms with Gasteiger partial charge in [0, 0.05) is 13.5 Å². The predicted octanol–water partition coefficient (Wildman–Crippen LogP) is 0.132. The van der Waals surface area contributed by atoms with E-state index >= 15 is 0 Å². The van der Waals surface area contributed by atoms with Gasteiger partial charge in [0.1, 0.15) is 24.1 Å². The van der Waals surface area contributed by atoms with E-state index in [0.717, 1.165) is 23.3 Å². The Kier molecular flexibility index (Phi) is 4.57. The molecule has 23 heavy (non-hydrogen) atoms. The molecule has 6 nitrogen and oxygen atoms in total. The molecule has 1 aromatic carbocycles. The van der Waals surface area contributed by atoms with Gasteiger partial charge in [-0.2, -0.15) is 0 Å². The molecule has 2 heterocycles. The zero-order chi connectivity index (χ0) is 16.6. The Balaban J connectivity index is 1.66. The first-order chi connectivity index (χ1) is 11.0. The van der Waals surface area contributed by atoms with Crippen molar-refractivity contribution in [3.05, 3.63) is 29.3 Å². The van der Waals surface area contributed by atoms with Gasteiger partial charge in [-0.25, -0.2) is 0 Å². The minimum Gasteiger partial charge on any atom is -0.490 e. The molecule has 126 valence electrons. The second kappa shape index (κ2) is 6.47. The summed E-state index contributed by atoms with van der Waals surface area (Å²) in [5.41, 5.74) is 2.05. The molecular formula is C17H23NO5. The van der Waals surface area contributed by atoms with Crippen LogP contribution in [0.3, 0.4) is 0 Å². The Labute approximate surface area is 135 Å². The Morgan fingerprint density at radius 3 is 2.91 bits per heavy atom. The van der Waals surface area contributed by atoms with Crippen LogP contribution < -0.4 is 4.74 Å². The minimum absolute atomic E-state index is 0.0999. The van der Waals surface area contributed by atoms with Gasteiger partial charge < -0.3 is 24.6 Å². The molecule has 0 saturated carbocycles. The molecule has 2 aliphatic rings. The third-order valence-corrected chi connectivity index (χ3v) is 4.57. The van der Waals surface area contributed by atoms with Crippen molar-refractivity contribution in [2.24, 2.45) is 0 Å². The summed E-state index contributed by atoms with van der Waals surface area (Å²) < 4.78 is 10.9. The number of hydrogen-bond donors (Lipinski definition) is 2. The second-order valence-corrected chi connectivity index (χ2v) is 6.42. The van der Waals surface area contributed by atoms with Crippen molar-refractivity contribution in [1.82, 2.24) is 4.90 Å². The Morgan fingerprint density at radius 2 is 2.13 bits per heavy atom. The predicted molar refractivity (Wildman–Crippen MR) is 83.3 cm³/mol. The van der Waals surface area contributed by atoms with Crippen LogP contribution in [0, 0.1) is 0 Å². The summed E-state index contributed by atoms with van der Waals surface area (Å²) in [5, 5.41) is 19.7. The van der Waals surface area contributed by atoms with E-state index in [-0.39, 0.29) is 31.6 Å². The number of amides is 1. The monoisotopic (exact) mass is 321 g/mol. The van der Waals surface area contributed by atoms with Gasteiger partial charge in [-0.05, 0) is 24.1 Å². The van der Waals surface area contributed by atoms with Crippen molar-refractivity contribution in [3.63, 3.8) is 0 Å². The van der Waals surface area contributed by atoms with Crippen LogP contribution in [-0.2, 0) is 22.4 Å². The number of rotatable bonds is 3. The Morgan fingerprint density at radius 1 is 1.35 bits per heavy atom. The molecule has 1 saturated heterocycles. The summed E-state index contributed by atoms with van der Waals surface area (Å²) in [7, 11) is 1.64. The van der Waals surface area contributed by atoms with Crippen molar-refractivity contribution in [1.29, 1.82) is 0 Å². The highest BCUT2D eigenvalue weighted by Crippen LogP contribution is 2.29. The van der Waals surface area contributed by atoms with Gasteiger partial charge in [0.2, 0.25) is 5.91 Å². The standard InChI is InChI=1S/C17H23NO5/c1-10-5-12-6-11(3-4-15(12)23-10)7-16(20)18(2)13-8-22-9-14(19)17(13)21/h3-4,6,10,13-14,17,19,21H,5,7-9H2,1-2H3/t10-,13+,14+,17-/m0/s1. The molecule has 0 spiro atoms. The van der Waals surface area contributed by atoms with Crippen LogP contribution in [0.2, 0.25) is 0 Å². The fourth-order valence-electron chi connectivity index (χ4n) is 3.17. The molecule has 3 rings (SSSR count). The van der Waals surface area contributed by atoms with E-state index in [2.05, 4.69) is 0 Å². The van der Waals surface area contributed by atoms with Gasteiger partial charge in [0.05, 0.1) is 25.7 Å². The van der Waals surface area contributed by atoms with Crippen LogP contribution in [0.1, 0.15) is 18.1 Å². The van der Waals surface area contributed by atoms with Gasteiger partial charge >= 0.3 is 0 Å². The van der Waals surface area contributed by atoms with Gasteiger partial charge in [0.25, 0.3) is 0 Å². The van der Waals surface area contributed by atoms with Crippen molar-refractivity contribution < 1.29 is 24.5 Å². The van der Waals surface area contributed by atoms with E-state index in [1.807, 2.05) is 25.1 Å². The number of ether oxygens (including phenoxy) is 2. The molecular weight excluding hydrogens is 298 g/mol. The number of nitrogens with zero attached hydrogens (tertiary/aromatic N) is 1. The van der Waals surface area contributed by atoms with E-state index in [1.54, 1.807) is 7.05 Å². The number of carbonyl (C=O) groups is 1. The lowest BCUT2D eigenvalue weighted by Gasteiger charge is -2.37. The summed E-state index contributed by atoms with van der Waals surface area (Å²) in [6, 6.07) is 5.28. The van der Waals surface area contributed by atoms with Crippen LogP contribution in [0.4, 0.5) is 0 Å². The topological polar surface area (TPSA) is 79.2 Å². The highest BCUT2D eigenvalue weighted by Gasteiger charge is 2.35. The fraction of sp³-hybridized carbons (Fsp3) is 0.588. The molecule has 1 fully saturated rings. The number of aliphatic hydroxyl groups excluding tert-OH is 2. The van der Waals surface area contributed by atoms with E-state index < -0.39 is 18.2 Å². The maximum absolute atomic E-state index is 12.5. The maximum atomic E-state index is 12.5. The van der Waals surface area contributed by atoms with E-state index in [9.17, 15) is 15.0 Å². The lowest BCUT2D eigenvalue weighted by atomic mass is 10.0. The fourth-order valence-corrected chi connectivity index (χ4v) is 3.17. The van der Waals surface area contributed by atoms with Gasteiger partial charge in [-0.1, -0.05) is 12.1 Å². The summed E-state index contributed by atoms with van der Waals surface area (Å²) in [4.78, 5) is 13.9. The first-order valence-electron chi connectivity index (χ1n) is 7.93. The number of likely N-dealkylation sites (N-methyl/N-ethyl adjacent to an activating group) is 1. The highest BCUT2D eigenvalue weighted by molar-refractivity contribution is 5.79. The summed E-state index contributed by atoms with van der Waals surface area (Å²) in [6.07, 6.45) is -0.657. The summed E-state index contributed by atoms with van der Waals surface area (Å²) in [6.45, 7) is 2.35. The van der Waals surface area contributed by atoms with Crippen LogP contribution in [0.25, 0.3) is 0 Å². The molecule has 0 radical (unpaired) electrons. The molecule has 4 atom stereocenters. The number of hydrogen-bond acceptors (Lipinski definition) is 5. The lowest BCUT2D eigenvalue weighted by molar-refractivity contribution is -0.152. The van der Waals surface area contributed by atoms with Crippen LogP contribution in [0.15, 0.2) is 18.2 Å². The van der Waals surface area contributed by atoms with Crippen molar-refractivity contribution in [3.8, 4) is 5.75 Å². The highest BCUT2D eigenvalue weighted by atomic mass is 16.5. The molecule has 1 amide bonds. The summed E-state index contributed by atoms with van der Waals surface area (Å²) >= 11 is 0. The number of carbonyl (C=O) groups excluding carboxylic acids is 1. The zero-order valence-corrected chi connectivity index (χ0v) is 13.4. The van der Waals surface area contributed by atoms with Crippen molar-refractivity contribution in [2.45, 2.75) is 44.1 Å². The van der Waals surface area contributed by atoms with Crippen LogP contribution >= 0.6 is 0 Å². The smallest absolute Gasteiger partial charge is 0.227 e. The summed E-state index contributed by atoms with van der Waals surface area (Å²) in [5.74, 6) is 0.778. The maximum Gasteiger partial charge on any atom is 0.227 e. The van der Waals surface area contributed by atoms with Crippen LogP contribution in [-0.4, -0.2) is 65.6 Å². The minimum atomic E-state index is -0.980. The van der Waals surface area contributed by atoms with E-state index in [0.29, 0.717) is 0 Å². The molecule has 0 aromatic heterocycles. The largest absolute Gasteiger partial charge is 0.490 e. The van der Waals surface area contributed by atoms with Crippen LogP contribution in [0.5, 0.6) is 5.75 Å². The van der Waals surface area contributed by atoms with E-state index in [4.69, 9.17) is 9.47 Å². The zero-order valence-electron chi connectivity index (χ0n) is 13.4. The molecule has 1 aromatic rings. The number of aliphatic hydroxyl groups is 2. The first kappa shape index (κ1) is 16.2. The van der Waals surface area contributed by atoms with Crippen molar-refractivity contribution in [2.75, 3.05) is 20.3 Å². The van der Waals surface area contributed by atoms with Gasteiger partial charge in [-0.3, -0.25) is 4.79 Å². The van der Waals surface area contributed by atoms with Gasteiger partial charge in [-0.15, -0.1) is 0 Å². The molecule has 0 unspecified atom stereocenters. The Hall–Kier alpha value is -1.63. The first-order valence-corrected chi connectivity index (χ1v) is 7.93. The quantitative estimate of drug-likeness (QED) is 0.827. The molecule has 2 N–H and O–H groups in total. The third kappa shape index (κ3) is 3.34. The number of fused-ring (bicyclic) bond motifs is 1. The lowest BCUT2D eigenvalue weighted by Crippen LogP contribution is -2.56. The average Bonchev–Trinajstić information content (AvgIpc) is 2.88. The third-order valence-electron chi connectivity index (χ3n) is 4.57. The van der Waals surface area contributed by atoms with Crippen molar-refractivity contribution >= 4 is 5.91 Å². The Bertz CT molecular complexity index is 590. The molecule has 6 heteroatoms.